The number of carbonyl (C=O) groups is 2. The molecule has 10 heteroatoms. The summed E-state index contributed by atoms with van der Waals surface area (Å²) < 4.78 is 7.23. The predicted octanol–water partition coefficient (Wildman–Crippen LogP) is 2.29. The van der Waals surface area contributed by atoms with Crippen molar-refractivity contribution in [3.05, 3.63) is 72.1 Å². The van der Waals surface area contributed by atoms with Crippen molar-refractivity contribution < 1.29 is 24.5 Å². The van der Waals surface area contributed by atoms with E-state index in [2.05, 4.69) is 15.6 Å². The number of nitrogens with zero attached hydrogens (tertiary/aromatic N) is 4. The Morgan fingerprint density at radius 1 is 1.25 bits per heavy atom. The summed E-state index contributed by atoms with van der Waals surface area (Å²) in [4.78, 5) is 27.2. The lowest BCUT2D eigenvalue weighted by Crippen LogP contribution is -2.40. The predicted molar refractivity (Wildman–Crippen MR) is 132 cm³/mol. The molecule has 5 rings (SSSR count). The molecule has 0 saturated heterocycles. The van der Waals surface area contributed by atoms with Crippen molar-refractivity contribution in [2.45, 2.75) is 31.9 Å². The molecule has 36 heavy (non-hydrogen) atoms. The summed E-state index contributed by atoms with van der Waals surface area (Å²) in [6.45, 7) is 2.28. The van der Waals surface area contributed by atoms with Crippen LogP contribution in [-0.4, -0.2) is 50.2 Å². The molecular formula is C26H27N5O5. The lowest BCUT2D eigenvalue weighted by Gasteiger charge is -2.31. The molecule has 0 aliphatic carbocycles. The van der Waals surface area contributed by atoms with Crippen LogP contribution >= 0.6 is 0 Å². The van der Waals surface area contributed by atoms with E-state index in [1.807, 2.05) is 24.3 Å². The Labute approximate surface area is 207 Å². The monoisotopic (exact) mass is 489 g/mol. The second kappa shape index (κ2) is 9.56. The standard InChI is InChI=1S/C26H27N5O5/c1-17(6-4-5-12-30-15-18(11-13-32)28-29-30)26(35)20-14-19(9-10-21(20)27-25(26)34)31-22-7-2-3-8-23(22)36-16-24(31)33/h2-4,6-10,14-15,17,32,35H,5,11-13,16H2,1H3,(H,27,34)/b6-4+/t17-,26+/m1/s1. The number of fused-ring (bicyclic) bond motifs is 2. The van der Waals surface area contributed by atoms with Crippen molar-refractivity contribution in [3.8, 4) is 5.75 Å². The first-order valence-corrected chi connectivity index (χ1v) is 11.8. The fourth-order valence-corrected chi connectivity index (χ4v) is 4.60. The minimum absolute atomic E-state index is 0.0200. The van der Waals surface area contributed by atoms with Crippen LogP contribution in [-0.2, 0) is 28.2 Å². The summed E-state index contributed by atoms with van der Waals surface area (Å²) in [6, 6.07) is 12.4. The van der Waals surface area contributed by atoms with Crippen LogP contribution in [0.15, 0.2) is 60.8 Å². The first-order chi connectivity index (χ1) is 17.4. The summed E-state index contributed by atoms with van der Waals surface area (Å²) in [7, 11) is 0. The van der Waals surface area contributed by atoms with Crippen molar-refractivity contribution in [1.29, 1.82) is 0 Å². The average Bonchev–Trinajstić information content (AvgIpc) is 3.43. The largest absolute Gasteiger partial charge is 0.482 e. The third-order valence-electron chi connectivity index (χ3n) is 6.54. The van der Waals surface area contributed by atoms with Crippen molar-refractivity contribution in [1.82, 2.24) is 15.0 Å². The number of hydrogen-bond acceptors (Lipinski definition) is 7. The van der Waals surface area contributed by atoms with Crippen LogP contribution in [0.2, 0.25) is 0 Å². The number of para-hydroxylation sites is 2. The maximum absolute atomic E-state index is 12.9. The Kier molecular flexibility index (Phi) is 6.29. The van der Waals surface area contributed by atoms with Gasteiger partial charge < -0.3 is 20.3 Å². The van der Waals surface area contributed by atoms with Gasteiger partial charge >= 0.3 is 0 Å². The molecule has 0 saturated carbocycles. The number of nitrogens with one attached hydrogen (secondary N) is 1. The zero-order valence-corrected chi connectivity index (χ0v) is 19.8. The van der Waals surface area contributed by atoms with E-state index in [0.29, 0.717) is 47.8 Å². The maximum atomic E-state index is 12.9. The molecule has 2 aliphatic heterocycles. The van der Waals surface area contributed by atoms with Gasteiger partial charge in [-0.25, -0.2) is 0 Å². The zero-order chi connectivity index (χ0) is 25.3. The summed E-state index contributed by atoms with van der Waals surface area (Å²) in [5, 5.41) is 31.4. The number of allylic oxidation sites excluding steroid dienone is 1. The zero-order valence-electron chi connectivity index (χ0n) is 19.8. The van der Waals surface area contributed by atoms with E-state index >= 15 is 0 Å². The van der Waals surface area contributed by atoms with E-state index in [1.54, 1.807) is 53.0 Å². The quantitative estimate of drug-likeness (QED) is 0.414. The summed E-state index contributed by atoms with van der Waals surface area (Å²) in [5.41, 5.74) is 1.02. The lowest BCUT2D eigenvalue weighted by molar-refractivity contribution is -0.137. The Bertz CT molecular complexity index is 1340. The smallest absolute Gasteiger partial charge is 0.269 e. The van der Waals surface area contributed by atoms with E-state index in [-0.39, 0.29) is 19.1 Å². The fourth-order valence-electron chi connectivity index (χ4n) is 4.60. The molecule has 2 amide bonds. The molecule has 3 N–H and O–H groups in total. The lowest BCUT2D eigenvalue weighted by atomic mass is 9.82. The van der Waals surface area contributed by atoms with Gasteiger partial charge in [-0.15, -0.1) is 5.10 Å². The van der Waals surface area contributed by atoms with Crippen LogP contribution < -0.4 is 15.0 Å². The van der Waals surface area contributed by atoms with E-state index in [4.69, 9.17) is 9.84 Å². The topological polar surface area (TPSA) is 130 Å². The molecule has 186 valence electrons. The van der Waals surface area contributed by atoms with E-state index in [1.165, 1.54) is 0 Å². The number of anilines is 3. The molecule has 0 radical (unpaired) electrons. The molecule has 3 aromatic rings. The first-order valence-electron chi connectivity index (χ1n) is 11.8. The summed E-state index contributed by atoms with van der Waals surface area (Å²) >= 11 is 0. The number of benzene rings is 2. The minimum Gasteiger partial charge on any atom is -0.482 e. The van der Waals surface area contributed by atoms with Crippen molar-refractivity contribution in [3.63, 3.8) is 0 Å². The minimum atomic E-state index is -1.79. The number of aliphatic hydroxyl groups excluding tert-OH is 1. The highest BCUT2D eigenvalue weighted by atomic mass is 16.5. The van der Waals surface area contributed by atoms with Gasteiger partial charge in [-0.05, 0) is 36.8 Å². The third-order valence-corrected chi connectivity index (χ3v) is 6.54. The molecule has 1 aromatic heterocycles. The highest BCUT2D eigenvalue weighted by molar-refractivity contribution is 6.08. The first kappa shape index (κ1) is 23.7. The van der Waals surface area contributed by atoms with Crippen LogP contribution in [0.3, 0.4) is 0 Å². The maximum Gasteiger partial charge on any atom is 0.269 e. The molecule has 0 bridgehead atoms. The van der Waals surface area contributed by atoms with E-state index in [0.717, 1.165) is 5.69 Å². The van der Waals surface area contributed by atoms with Gasteiger partial charge in [0.2, 0.25) is 0 Å². The SMILES string of the molecule is C[C@H](/C=C/CCn1cc(CCO)nn1)[C@@]1(O)C(=O)Nc2ccc(N3C(=O)COc4ccccc43)cc21. The van der Waals surface area contributed by atoms with Gasteiger partial charge in [0, 0.05) is 48.6 Å². The van der Waals surface area contributed by atoms with Gasteiger partial charge in [0.1, 0.15) is 5.75 Å². The van der Waals surface area contributed by atoms with E-state index in [9.17, 15) is 14.7 Å². The van der Waals surface area contributed by atoms with Crippen molar-refractivity contribution >= 4 is 28.9 Å². The van der Waals surface area contributed by atoms with E-state index < -0.39 is 17.4 Å². The van der Waals surface area contributed by atoms with Crippen molar-refractivity contribution in [2.75, 3.05) is 23.4 Å². The van der Waals surface area contributed by atoms with Crippen LogP contribution in [0.1, 0.15) is 24.6 Å². The number of aromatic nitrogens is 3. The van der Waals surface area contributed by atoms with Gasteiger partial charge in [-0.1, -0.05) is 36.4 Å². The van der Waals surface area contributed by atoms with Crippen LogP contribution in [0.25, 0.3) is 0 Å². The highest BCUT2D eigenvalue weighted by Crippen LogP contribution is 2.45. The molecule has 2 atom stereocenters. The normalized spacial score (nSPS) is 19.7. The number of aryl methyl sites for hydroxylation is 1. The number of amides is 2. The Balaban J connectivity index is 1.37. The highest BCUT2D eigenvalue weighted by Gasteiger charge is 2.49. The second-order valence-corrected chi connectivity index (χ2v) is 8.89. The molecular weight excluding hydrogens is 462 g/mol. The molecule has 3 heterocycles. The Morgan fingerprint density at radius 2 is 2.08 bits per heavy atom. The fraction of sp³-hybridized carbons (Fsp3) is 0.308. The molecule has 0 unspecified atom stereocenters. The number of rotatable bonds is 8. The molecule has 0 fully saturated rings. The average molecular weight is 490 g/mol. The van der Waals surface area contributed by atoms with Crippen molar-refractivity contribution in [2.24, 2.45) is 5.92 Å². The summed E-state index contributed by atoms with van der Waals surface area (Å²) in [6.07, 6.45) is 6.57. The second-order valence-electron chi connectivity index (χ2n) is 8.89. The van der Waals surface area contributed by atoms with Crippen LogP contribution in [0.5, 0.6) is 5.75 Å². The van der Waals surface area contributed by atoms with Gasteiger partial charge in [-0.3, -0.25) is 19.2 Å². The number of carbonyl (C=O) groups excluding carboxylic acids is 2. The summed E-state index contributed by atoms with van der Waals surface area (Å²) in [5.74, 6) is -0.695. The molecule has 2 aliphatic rings. The van der Waals surface area contributed by atoms with Gasteiger partial charge in [0.15, 0.2) is 12.2 Å². The number of aliphatic hydroxyl groups is 2. The number of hydrogen-bond donors (Lipinski definition) is 3. The Morgan fingerprint density at radius 3 is 2.92 bits per heavy atom. The van der Waals surface area contributed by atoms with Crippen LogP contribution in [0.4, 0.5) is 17.1 Å². The third kappa shape index (κ3) is 4.14. The molecule has 0 spiro atoms. The van der Waals surface area contributed by atoms with Gasteiger partial charge in [-0.2, -0.15) is 0 Å². The number of ether oxygens (including phenoxy) is 1. The molecule has 10 nitrogen and oxygen atoms in total. The molecule has 2 aromatic carbocycles. The Hall–Kier alpha value is -4.02. The van der Waals surface area contributed by atoms with Gasteiger partial charge in [0.05, 0.1) is 11.4 Å². The van der Waals surface area contributed by atoms with Crippen LogP contribution in [0, 0.1) is 5.92 Å². The van der Waals surface area contributed by atoms with Gasteiger partial charge in [0.25, 0.3) is 11.8 Å².